The van der Waals surface area contributed by atoms with Gasteiger partial charge in [0, 0.05) is 17.8 Å². The van der Waals surface area contributed by atoms with E-state index in [4.69, 9.17) is 0 Å². The van der Waals surface area contributed by atoms with Crippen molar-refractivity contribution >= 4 is 5.78 Å². The van der Waals surface area contributed by atoms with E-state index >= 15 is 0 Å². The number of halogens is 5. The van der Waals surface area contributed by atoms with Crippen molar-refractivity contribution in [1.29, 1.82) is 0 Å². The van der Waals surface area contributed by atoms with Gasteiger partial charge in [-0.2, -0.15) is 22.0 Å². The van der Waals surface area contributed by atoms with Gasteiger partial charge in [0.2, 0.25) is 0 Å². The third kappa shape index (κ3) is 3.41. The second-order valence-corrected chi connectivity index (χ2v) is 12.7. The van der Waals surface area contributed by atoms with E-state index in [2.05, 4.69) is 31.2 Å². The molecule has 2 unspecified atom stereocenters. The summed E-state index contributed by atoms with van der Waals surface area (Å²) in [5.74, 6) is -5.86. The van der Waals surface area contributed by atoms with Crippen LogP contribution in [0.1, 0.15) is 88.7 Å². The molecular formula is C30H33F5O2. The van der Waals surface area contributed by atoms with Crippen LogP contribution in [-0.4, -0.2) is 28.6 Å². The number of ketones is 1. The number of allylic oxidation sites excluding steroid dienone is 4. The maximum Gasteiger partial charge on any atom is 0.456 e. The van der Waals surface area contributed by atoms with Crippen LogP contribution in [0.4, 0.5) is 22.0 Å². The molecule has 5 aliphatic carbocycles. The highest BCUT2D eigenvalue weighted by molar-refractivity contribution is 5.94. The van der Waals surface area contributed by atoms with Crippen molar-refractivity contribution in [2.45, 2.75) is 101 Å². The fourth-order valence-electron chi connectivity index (χ4n) is 8.28. The molecule has 2 nitrogen and oxygen atoms in total. The summed E-state index contributed by atoms with van der Waals surface area (Å²) in [4.78, 5) is 12.7. The molecule has 0 aromatic heterocycles. The zero-order chi connectivity index (χ0) is 26.6. The normalized spacial score (nSPS) is 37.0. The predicted octanol–water partition coefficient (Wildman–Crippen LogP) is 7.57. The summed E-state index contributed by atoms with van der Waals surface area (Å²) in [5, 5.41) is 11.1. The first-order valence-corrected chi connectivity index (χ1v) is 13.5. The maximum atomic E-state index is 14.7. The molecule has 0 spiro atoms. The highest BCUT2D eigenvalue weighted by atomic mass is 19.4. The fraction of sp³-hybridized carbons (Fsp3) is 0.633. The van der Waals surface area contributed by atoms with Crippen LogP contribution in [0.25, 0.3) is 0 Å². The van der Waals surface area contributed by atoms with E-state index < -0.39 is 35.5 Å². The third-order valence-corrected chi connectivity index (χ3v) is 10.8. The largest absolute Gasteiger partial charge is 0.456 e. The second-order valence-electron chi connectivity index (χ2n) is 12.7. The lowest BCUT2D eigenvalue weighted by Gasteiger charge is -2.53. The number of hydrogen-bond acceptors (Lipinski definition) is 2. The first-order valence-electron chi connectivity index (χ1n) is 13.5. The Kier molecular flexibility index (Phi) is 5.30. The molecule has 1 aromatic rings. The third-order valence-electron chi connectivity index (χ3n) is 10.8. The Balaban J connectivity index is 1.39. The van der Waals surface area contributed by atoms with E-state index in [1.807, 2.05) is 0 Å². The smallest absolute Gasteiger partial charge is 0.383 e. The molecule has 0 radical (unpaired) electrons. The van der Waals surface area contributed by atoms with Crippen molar-refractivity contribution in [2.24, 2.45) is 17.3 Å². The zero-order valence-corrected chi connectivity index (χ0v) is 21.2. The Labute approximate surface area is 214 Å². The minimum absolute atomic E-state index is 0.0699. The number of benzene rings is 1. The number of fused-ring (bicyclic) bond motifs is 4. The molecule has 6 rings (SSSR count). The summed E-state index contributed by atoms with van der Waals surface area (Å²) in [6.07, 6.45) is -0.217. The number of alkyl halides is 5. The number of aliphatic hydroxyl groups is 1. The number of carbonyl (C=O) groups is 1. The Hall–Kier alpha value is -2.02. The number of hydrogen-bond donors (Lipinski definition) is 1. The summed E-state index contributed by atoms with van der Waals surface area (Å²) in [7, 11) is 0. The van der Waals surface area contributed by atoms with Crippen molar-refractivity contribution < 1.29 is 31.9 Å². The average Bonchev–Trinajstić information content (AvgIpc) is 3.52. The van der Waals surface area contributed by atoms with Crippen molar-refractivity contribution in [3.63, 3.8) is 0 Å². The lowest BCUT2D eigenvalue weighted by Crippen LogP contribution is -2.64. The molecule has 0 bridgehead atoms. The van der Waals surface area contributed by atoms with Gasteiger partial charge in [-0.3, -0.25) is 4.79 Å². The Bertz CT molecular complexity index is 1210. The van der Waals surface area contributed by atoms with Gasteiger partial charge in [-0.15, -0.1) is 0 Å². The Morgan fingerprint density at radius 3 is 2.22 bits per heavy atom. The van der Waals surface area contributed by atoms with Crippen molar-refractivity contribution in [2.75, 3.05) is 0 Å². The van der Waals surface area contributed by atoms with E-state index in [1.165, 1.54) is 12.5 Å². The van der Waals surface area contributed by atoms with Gasteiger partial charge in [-0.25, -0.2) is 0 Å². The van der Waals surface area contributed by atoms with Crippen LogP contribution < -0.4 is 0 Å². The number of carbonyl (C=O) groups excluding carboxylic acids is 1. The molecule has 0 saturated heterocycles. The molecule has 7 heteroatoms. The average molecular weight is 521 g/mol. The van der Waals surface area contributed by atoms with E-state index in [-0.39, 0.29) is 35.9 Å². The standard InChI is InChI=1S/C30H33F5O2/c1-26(13-14-26)19-6-3-17(4-7-19)23-16-20(36)15-18-5-8-21-22(25(18)23)9-11-27(2)24(21)10-12-28(27,37)29(31,32)30(33,34)35/h3-4,6-7,15,21,23-24,37H,5,8-14,16H2,1-2H3/t21-,23?,24-,27?,28-/m1/s1. The SMILES string of the molecule is CC1(c2ccc(C3CC(=O)C=C4CC[C@@H]5C(=C43)CCC3(C)[C@@H]5CC[C@]3(O)C(F)(F)C(F)(F)F)cc2)CC1. The predicted molar refractivity (Wildman–Crippen MR) is 129 cm³/mol. The van der Waals surface area contributed by atoms with E-state index in [1.54, 1.807) is 6.08 Å². The number of rotatable bonds is 3. The molecular weight excluding hydrogens is 487 g/mol. The van der Waals surface area contributed by atoms with Crippen LogP contribution in [0.5, 0.6) is 0 Å². The highest BCUT2D eigenvalue weighted by Crippen LogP contribution is 2.68. The van der Waals surface area contributed by atoms with Crippen LogP contribution in [0.3, 0.4) is 0 Å². The molecule has 0 heterocycles. The first kappa shape index (κ1) is 25.3. The summed E-state index contributed by atoms with van der Waals surface area (Å²) in [5.41, 5.74) is 1.11. The van der Waals surface area contributed by atoms with Crippen molar-refractivity contribution in [3.05, 3.63) is 58.2 Å². The van der Waals surface area contributed by atoms with Gasteiger partial charge >= 0.3 is 12.1 Å². The van der Waals surface area contributed by atoms with Crippen LogP contribution >= 0.6 is 0 Å². The van der Waals surface area contributed by atoms with Gasteiger partial charge in [-0.05, 0) is 97.0 Å². The first-order chi connectivity index (χ1) is 17.2. The topological polar surface area (TPSA) is 37.3 Å². The molecule has 5 aliphatic rings. The van der Waals surface area contributed by atoms with E-state index in [9.17, 15) is 31.9 Å². The molecule has 5 atom stereocenters. The summed E-state index contributed by atoms with van der Waals surface area (Å²) >= 11 is 0. The van der Waals surface area contributed by atoms with E-state index in [0.717, 1.165) is 35.1 Å². The molecule has 1 N–H and O–H groups in total. The van der Waals surface area contributed by atoms with Gasteiger partial charge in [0.25, 0.3) is 0 Å². The van der Waals surface area contributed by atoms with Gasteiger partial charge in [-0.1, -0.05) is 43.7 Å². The summed E-state index contributed by atoms with van der Waals surface area (Å²) in [6, 6.07) is 8.49. The summed E-state index contributed by atoms with van der Waals surface area (Å²) < 4.78 is 69.8. The monoisotopic (exact) mass is 520 g/mol. The molecule has 1 aromatic carbocycles. The van der Waals surface area contributed by atoms with Gasteiger partial charge in [0.05, 0.1) is 0 Å². The lowest BCUT2D eigenvalue weighted by atomic mass is 9.53. The van der Waals surface area contributed by atoms with Crippen LogP contribution in [0, 0.1) is 17.3 Å². The summed E-state index contributed by atoms with van der Waals surface area (Å²) in [6.45, 7) is 3.68. The van der Waals surface area contributed by atoms with Crippen LogP contribution in [-0.2, 0) is 10.2 Å². The highest BCUT2D eigenvalue weighted by Gasteiger charge is 2.78. The fourth-order valence-corrected chi connectivity index (χ4v) is 8.28. The maximum absolute atomic E-state index is 14.7. The van der Waals surface area contributed by atoms with Crippen LogP contribution in [0.2, 0.25) is 0 Å². The lowest BCUT2D eigenvalue weighted by molar-refractivity contribution is -0.362. The Morgan fingerprint density at radius 2 is 1.59 bits per heavy atom. The molecule has 0 aliphatic heterocycles. The molecule has 0 amide bonds. The van der Waals surface area contributed by atoms with Gasteiger partial charge < -0.3 is 5.11 Å². The molecule has 3 saturated carbocycles. The minimum atomic E-state index is -5.81. The van der Waals surface area contributed by atoms with Crippen molar-refractivity contribution in [3.8, 4) is 0 Å². The molecule has 37 heavy (non-hydrogen) atoms. The van der Waals surface area contributed by atoms with Crippen molar-refractivity contribution in [1.82, 2.24) is 0 Å². The zero-order valence-electron chi connectivity index (χ0n) is 21.2. The van der Waals surface area contributed by atoms with E-state index in [0.29, 0.717) is 25.7 Å². The van der Waals surface area contributed by atoms with Gasteiger partial charge in [0.15, 0.2) is 5.78 Å². The molecule has 200 valence electrons. The molecule has 3 fully saturated rings. The van der Waals surface area contributed by atoms with Crippen LogP contribution in [0.15, 0.2) is 47.1 Å². The Morgan fingerprint density at radius 1 is 0.919 bits per heavy atom. The second kappa shape index (κ2) is 7.77. The minimum Gasteiger partial charge on any atom is -0.383 e. The quantitative estimate of drug-likeness (QED) is 0.418. The van der Waals surface area contributed by atoms with Gasteiger partial charge in [0.1, 0.15) is 5.60 Å².